The normalized spacial score (nSPS) is 15.5. The number of rotatable bonds is 7. The van der Waals surface area contributed by atoms with Gasteiger partial charge in [-0.25, -0.2) is 9.97 Å². The van der Waals surface area contributed by atoms with E-state index in [1.165, 1.54) is 4.70 Å². The summed E-state index contributed by atoms with van der Waals surface area (Å²) in [5.74, 6) is 1.01. The summed E-state index contributed by atoms with van der Waals surface area (Å²) >= 11 is 1.70. The van der Waals surface area contributed by atoms with E-state index < -0.39 is 0 Å². The summed E-state index contributed by atoms with van der Waals surface area (Å²) in [7, 11) is 0. The summed E-state index contributed by atoms with van der Waals surface area (Å²) in [6.07, 6.45) is 5.62. The monoisotopic (exact) mass is 385 g/mol. The topological polar surface area (TPSA) is 38.2 Å². The molecule has 4 rings (SSSR count). The molecule has 1 fully saturated rings. The van der Waals surface area contributed by atoms with Crippen LogP contribution >= 0.6 is 11.3 Å². The van der Waals surface area contributed by atoms with Crippen molar-refractivity contribution in [2.75, 3.05) is 31.3 Å². The lowest BCUT2D eigenvalue weighted by Gasteiger charge is -2.32. The van der Waals surface area contributed by atoms with Gasteiger partial charge in [-0.15, -0.1) is 11.3 Å². The highest BCUT2D eigenvalue weighted by molar-refractivity contribution is 7.21. The first-order chi connectivity index (χ1) is 13.3. The SMILES string of the molecule is FCCCCOC1CCN(c2ccc(-c3nc4ccccc4s3)cn2)CC1. The average molecular weight is 386 g/mol. The lowest BCUT2D eigenvalue weighted by atomic mass is 10.1. The number of hydrogen-bond donors (Lipinski definition) is 0. The van der Waals surface area contributed by atoms with Crippen molar-refractivity contribution in [2.45, 2.75) is 31.8 Å². The third-order valence-corrected chi connectivity index (χ3v) is 6.02. The summed E-state index contributed by atoms with van der Waals surface area (Å²) in [6.45, 7) is 2.31. The van der Waals surface area contributed by atoms with Gasteiger partial charge in [0, 0.05) is 31.5 Å². The molecule has 0 bridgehead atoms. The van der Waals surface area contributed by atoms with Gasteiger partial charge in [-0.3, -0.25) is 4.39 Å². The highest BCUT2D eigenvalue weighted by Gasteiger charge is 2.20. The molecule has 6 heteroatoms. The van der Waals surface area contributed by atoms with E-state index in [0.717, 1.165) is 54.3 Å². The van der Waals surface area contributed by atoms with Crippen LogP contribution in [0.5, 0.6) is 0 Å². The van der Waals surface area contributed by atoms with Crippen LogP contribution in [0, 0.1) is 0 Å². The predicted octanol–water partition coefficient (Wildman–Crippen LogP) is 5.09. The van der Waals surface area contributed by atoms with E-state index in [0.29, 0.717) is 19.1 Å². The molecule has 0 radical (unpaired) electrons. The van der Waals surface area contributed by atoms with Crippen LogP contribution in [-0.2, 0) is 4.74 Å². The van der Waals surface area contributed by atoms with Crippen LogP contribution in [0.25, 0.3) is 20.8 Å². The van der Waals surface area contributed by atoms with E-state index in [1.807, 2.05) is 24.4 Å². The molecule has 0 spiro atoms. The quantitative estimate of drug-likeness (QED) is 0.531. The molecule has 0 N–H and O–H groups in total. The molecule has 0 aliphatic carbocycles. The van der Waals surface area contributed by atoms with Gasteiger partial charge in [0.05, 0.1) is 23.0 Å². The van der Waals surface area contributed by atoms with Crippen LogP contribution < -0.4 is 4.90 Å². The predicted molar refractivity (Wildman–Crippen MR) is 109 cm³/mol. The van der Waals surface area contributed by atoms with E-state index in [-0.39, 0.29) is 6.67 Å². The van der Waals surface area contributed by atoms with Gasteiger partial charge < -0.3 is 9.64 Å². The molecule has 0 amide bonds. The van der Waals surface area contributed by atoms with Crippen LogP contribution in [-0.4, -0.2) is 42.4 Å². The first kappa shape index (κ1) is 18.3. The van der Waals surface area contributed by atoms with Gasteiger partial charge in [0.1, 0.15) is 10.8 Å². The molecule has 4 nitrogen and oxygen atoms in total. The fourth-order valence-corrected chi connectivity index (χ4v) is 4.35. The number of fused-ring (bicyclic) bond motifs is 1. The molecule has 0 saturated carbocycles. The summed E-state index contributed by atoms with van der Waals surface area (Å²) < 4.78 is 19.2. The Morgan fingerprint density at radius 2 is 1.96 bits per heavy atom. The first-order valence-electron chi connectivity index (χ1n) is 9.58. The van der Waals surface area contributed by atoms with E-state index in [2.05, 4.69) is 28.1 Å². The number of unbranched alkanes of at least 4 members (excludes halogenated alkanes) is 1. The molecule has 1 aliphatic rings. The minimum absolute atomic E-state index is 0.250. The highest BCUT2D eigenvalue weighted by Crippen LogP contribution is 2.30. The highest BCUT2D eigenvalue weighted by atomic mass is 32.1. The van der Waals surface area contributed by atoms with E-state index in [1.54, 1.807) is 11.3 Å². The Hall–Kier alpha value is -2.05. The third-order valence-electron chi connectivity index (χ3n) is 4.94. The maximum absolute atomic E-state index is 12.1. The summed E-state index contributed by atoms with van der Waals surface area (Å²) in [5, 5.41) is 1.01. The maximum atomic E-state index is 12.1. The van der Waals surface area contributed by atoms with Crippen LogP contribution in [0.4, 0.5) is 10.2 Å². The number of nitrogens with zero attached hydrogens (tertiary/aromatic N) is 3. The number of ether oxygens (including phenoxy) is 1. The zero-order valence-corrected chi connectivity index (χ0v) is 16.1. The van der Waals surface area contributed by atoms with Crippen molar-refractivity contribution in [1.29, 1.82) is 0 Å². The second-order valence-electron chi connectivity index (χ2n) is 6.85. The Labute approximate surface area is 163 Å². The Bertz CT molecular complexity index is 826. The summed E-state index contributed by atoms with van der Waals surface area (Å²) in [6, 6.07) is 12.4. The first-order valence-corrected chi connectivity index (χ1v) is 10.4. The molecule has 1 aliphatic heterocycles. The van der Waals surface area contributed by atoms with Crippen LogP contribution in [0.15, 0.2) is 42.6 Å². The lowest BCUT2D eigenvalue weighted by Crippen LogP contribution is -2.37. The van der Waals surface area contributed by atoms with Crippen molar-refractivity contribution < 1.29 is 9.13 Å². The number of pyridine rings is 1. The van der Waals surface area contributed by atoms with Gasteiger partial charge in [0.2, 0.25) is 0 Å². The second-order valence-corrected chi connectivity index (χ2v) is 7.88. The second kappa shape index (κ2) is 8.76. The number of thiazole rings is 1. The number of benzene rings is 1. The van der Waals surface area contributed by atoms with Crippen molar-refractivity contribution in [2.24, 2.45) is 0 Å². The standard InChI is InChI=1S/C21H24FN3OS/c22-11-3-4-14-26-17-9-12-25(13-10-17)20-8-7-16(15-23-20)21-24-18-5-1-2-6-19(18)27-21/h1-2,5-8,15,17H,3-4,9-14H2. The average Bonchev–Trinajstić information content (AvgIpc) is 3.16. The van der Waals surface area contributed by atoms with Gasteiger partial charge in [-0.1, -0.05) is 12.1 Å². The van der Waals surface area contributed by atoms with Crippen LogP contribution in [0.2, 0.25) is 0 Å². The molecule has 2 aromatic heterocycles. The fraction of sp³-hybridized carbons (Fsp3) is 0.429. The number of alkyl halides is 1. The minimum atomic E-state index is -0.250. The minimum Gasteiger partial charge on any atom is -0.378 e. The van der Waals surface area contributed by atoms with Crippen LogP contribution in [0.1, 0.15) is 25.7 Å². The number of para-hydroxylation sites is 1. The van der Waals surface area contributed by atoms with Gasteiger partial charge in [-0.05, 0) is 49.9 Å². The Morgan fingerprint density at radius 3 is 2.70 bits per heavy atom. The molecule has 0 unspecified atom stereocenters. The molecule has 3 heterocycles. The largest absolute Gasteiger partial charge is 0.378 e. The maximum Gasteiger partial charge on any atom is 0.128 e. The molecule has 27 heavy (non-hydrogen) atoms. The van der Waals surface area contributed by atoms with Gasteiger partial charge >= 0.3 is 0 Å². The third kappa shape index (κ3) is 4.45. The Morgan fingerprint density at radius 1 is 1.11 bits per heavy atom. The number of anilines is 1. The molecule has 3 aromatic rings. The van der Waals surface area contributed by atoms with Crippen molar-refractivity contribution in [3.05, 3.63) is 42.6 Å². The molecule has 1 saturated heterocycles. The fourth-order valence-electron chi connectivity index (χ4n) is 3.39. The van der Waals surface area contributed by atoms with Gasteiger partial charge in [-0.2, -0.15) is 0 Å². The summed E-state index contributed by atoms with van der Waals surface area (Å²) in [4.78, 5) is 11.7. The van der Waals surface area contributed by atoms with Crippen molar-refractivity contribution in [1.82, 2.24) is 9.97 Å². The zero-order chi connectivity index (χ0) is 18.5. The van der Waals surface area contributed by atoms with Crippen LogP contribution in [0.3, 0.4) is 0 Å². The van der Waals surface area contributed by atoms with E-state index in [4.69, 9.17) is 9.72 Å². The Kier molecular flexibility index (Phi) is 5.94. The Balaban J connectivity index is 1.34. The van der Waals surface area contributed by atoms with Gasteiger partial charge in [0.15, 0.2) is 0 Å². The molecule has 1 aromatic carbocycles. The number of halogens is 1. The number of hydrogen-bond acceptors (Lipinski definition) is 5. The van der Waals surface area contributed by atoms with Crippen molar-refractivity contribution >= 4 is 27.4 Å². The van der Waals surface area contributed by atoms with Crippen molar-refractivity contribution in [3.63, 3.8) is 0 Å². The number of piperidine rings is 1. The lowest BCUT2D eigenvalue weighted by molar-refractivity contribution is 0.0342. The molecule has 0 atom stereocenters. The zero-order valence-electron chi connectivity index (χ0n) is 15.3. The number of aromatic nitrogens is 2. The smallest absolute Gasteiger partial charge is 0.128 e. The van der Waals surface area contributed by atoms with E-state index in [9.17, 15) is 4.39 Å². The molecule has 142 valence electrons. The molecular formula is C21H24FN3OS. The summed E-state index contributed by atoms with van der Waals surface area (Å²) in [5.41, 5.74) is 2.10. The van der Waals surface area contributed by atoms with Crippen molar-refractivity contribution in [3.8, 4) is 10.6 Å². The van der Waals surface area contributed by atoms with Gasteiger partial charge in [0.25, 0.3) is 0 Å². The molecular weight excluding hydrogens is 361 g/mol. The van der Waals surface area contributed by atoms with E-state index >= 15 is 0 Å².